The maximum absolute atomic E-state index is 12.3. The van der Waals surface area contributed by atoms with Crippen molar-refractivity contribution in [1.29, 1.82) is 0 Å². The predicted molar refractivity (Wildman–Crippen MR) is 106 cm³/mol. The van der Waals surface area contributed by atoms with Gasteiger partial charge in [-0.3, -0.25) is 4.79 Å². The van der Waals surface area contributed by atoms with Crippen LogP contribution in [0.15, 0.2) is 42.6 Å². The van der Waals surface area contributed by atoms with Crippen molar-refractivity contribution in [3.63, 3.8) is 0 Å². The molecule has 0 saturated carbocycles. The summed E-state index contributed by atoms with van der Waals surface area (Å²) >= 11 is 0. The maximum atomic E-state index is 12.3. The molecule has 2 aromatic rings. The van der Waals surface area contributed by atoms with Crippen molar-refractivity contribution in [1.82, 2.24) is 9.88 Å². The quantitative estimate of drug-likeness (QED) is 0.673. The van der Waals surface area contributed by atoms with Crippen molar-refractivity contribution < 1.29 is 9.53 Å². The molecule has 1 heterocycles. The summed E-state index contributed by atoms with van der Waals surface area (Å²) in [4.78, 5) is 18.8. The van der Waals surface area contributed by atoms with Crippen LogP contribution in [0.1, 0.15) is 30.6 Å². The summed E-state index contributed by atoms with van der Waals surface area (Å²) in [6, 6.07) is 10.9. The molecule has 0 bridgehead atoms. The van der Waals surface area contributed by atoms with Crippen molar-refractivity contribution in [3.05, 3.63) is 48.2 Å². The number of aromatic nitrogens is 1. The number of anilines is 2. The summed E-state index contributed by atoms with van der Waals surface area (Å²) < 4.78 is 5.59. The third-order valence-electron chi connectivity index (χ3n) is 3.60. The number of rotatable bonds is 9. The second-order valence-electron chi connectivity index (χ2n) is 6.66. The van der Waals surface area contributed by atoms with Gasteiger partial charge in [0.15, 0.2) is 0 Å². The van der Waals surface area contributed by atoms with Gasteiger partial charge in [-0.2, -0.15) is 0 Å². The smallest absolute Gasteiger partial charge is 0.257 e. The van der Waals surface area contributed by atoms with E-state index < -0.39 is 0 Å². The molecular weight excluding hydrogens is 328 g/mol. The lowest BCUT2D eigenvalue weighted by atomic mass is 10.2. The zero-order chi connectivity index (χ0) is 18.9. The number of carbonyl (C=O) groups excluding carboxylic acids is 1. The van der Waals surface area contributed by atoms with Crippen LogP contribution in [0.4, 0.5) is 11.5 Å². The van der Waals surface area contributed by atoms with E-state index in [0.717, 1.165) is 36.8 Å². The number of hydrogen-bond acceptors (Lipinski definition) is 5. The van der Waals surface area contributed by atoms with Gasteiger partial charge in [0, 0.05) is 18.4 Å². The zero-order valence-corrected chi connectivity index (χ0v) is 16.0. The molecule has 0 aliphatic carbocycles. The van der Waals surface area contributed by atoms with Gasteiger partial charge >= 0.3 is 0 Å². The molecule has 1 aromatic carbocycles. The predicted octanol–water partition coefficient (Wildman–Crippen LogP) is 3.48. The van der Waals surface area contributed by atoms with Gasteiger partial charge in [0.1, 0.15) is 11.6 Å². The Morgan fingerprint density at radius 3 is 2.46 bits per heavy atom. The Balaban J connectivity index is 1.85. The SMILES string of the molecule is CC(C)Oc1ccc(NC(=O)c2ccc(NCCCN(C)C)nc2)cc1. The highest BCUT2D eigenvalue weighted by Gasteiger charge is 2.07. The molecule has 2 rings (SSSR count). The summed E-state index contributed by atoms with van der Waals surface area (Å²) in [5.41, 5.74) is 1.24. The largest absolute Gasteiger partial charge is 0.491 e. The molecule has 2 N–H and O–H groups in total. The second kappa shape index (κ2) is 9.77. The van der Waals surface area contributed by atoms with E-state index in [2.05, 4.69) is 34.6 Å². The minimum Gasteiger partial charge on any atom is -0.491 e. The molecule has 6 heteroatoms. The van der Waals surface area contributed by atoms with Gasteiger partial charge < -0.3 is 20.3 Å². The van der Waals surface area contributed by atoms with E-state index in [9.17, 15) is 4.79 Å². The molecule has 6 nitrogen and oxygen atoms in total. The van der Waals surface area contributed by atoms with Gasteiger partial charge in [-0.05, 0) is 77.3 Å². The highest BCUT2D eigenvalue weighted by molar-refractivity contribution is 6.04. The zero-order valence-electron chi connectivity index (χ0n) is 16.0. The summed E-state index contributed by atoms with van der Waals surface area (Å²) in [6.45, 7) is 5.82. The van der Waals surface area contributed by atoms with Crippen LogP contribution in [-0.2, 0) is 0 Å². The molecule has 140 valence electrons. The van der Waals surface area contributed by atoms with Gasteiger partial charge in [0.25, 0.3) is 5.91 Å². The van der Waals surface area contributed by atoms with E-state index in [-0.39, 0.29) is 12.0 Å². The lowest BCUT2D eigenvalue weighted by Crippen LogP contribution is -2.17. The molecule has 0 saturated heterocycles. The summed E-state index contributed by atoms with van der Waals surface area (Å²) in [5, 5.41) is 6.12. The van der Waals surface area contributed by atoms with E-state index in [1.165, 1.54) is 0 Å². The van der Waals surface area contributed by atoms with E-state index in [0.29, 0.717) is 5.56 Å². The van der Waals surface area contributed by atoms with Crippen LogP contribution in [0, 0.1) is 0 Å². The topological polar surface area (TPSA) is 66.5 Å². The van der Waals surface area contributed by atoms with Crippen molar-refractivity contribution in [2.24, 2.45) is 0 Å². The fourth-order valence-corrected chi connectivity index (χ4v) is 2.34. The Labute approximate surface area is 155 Å². The minimum atomic E-state index is -0.186. The van der Waals surface area contributed by atoms with Crippen LogP contribution in [-0.4, -0.2) is 49.1 Å². The molecule has 26 heavy (non-hydrogen) atoms. The molecular formula is C20H28N4O2. The third kappa shape index (κ3) is 6.72. The van der Waals surface area contributed by atoms with E-state index in [4.69, 9.17) is 4.74 Å². The number of hydrogen-bond donors (Lipinski definition) is 2. The average molecular weight is 356 g/mol. The lowest BCUT2D eigenvalue weighted by Gasteiger charge is -2.11. The molecule has 0 aliphatic rings. The van der Waals surface area contributed by atoms with Crippen molar-refractivity contribution in [3.8, 4) is 5.75 Å². The highest BCUT2D eigenvalue weighted by atomic mass is 16.5. The van der Waals surface area contributed by atoms with Gasteiger partial charge in [0.05, 0.1) is 11.7 Å². The number of pyridine rings is 1. The number of amides is 1. The Morgan fingerprint density at radius 2 is 1.88 bits per heavy atom. The second-order valence-corrected chi connectivity index (χ2v) is 6.66. The number of carbonyl (C=O) groups is 1. The highest BCUT2D eigenvalue weighted by Crippen LogP contribution is 2.17. The lowest BCUT2D eigenvalue weighted by molar-refractivity contribution is 0.102. The summed E-state index contributed by atoms with van der Waals surface area (Å²) in [7, 11) is 4.10. The summed E-state index contributed by atoms with van der Waals surface area (Å²) in [5.74, 6) is 1.37. The molecule has 0 radical (unpaired) electrons. The first-order valence-electron chi connectivity index (χ1n) is 8.87. The monoisotopic (exact) mass is 356 g/mol. The maximum Gasteiger partial charge on any atom is 0.257 e. The van der Waals surface area contributed by atoms with Gasteiger partial charge in [-0.15, -0.1) is 0 Å². The van der Waals surface area contributed by atoms with Crippen LogP contribution < -0.4 is 15.4 Å². The first kappa shape index (κ1) is 19.7. The van der Waals surface area contributed by atoms with E-state index in [1.54, 1.807) is 12.3 Å². The number of nitrogens with one attached hydrogen (secondary N) is 2. The van der Waals surface area contributed by atoms with Crippen molar-refractivity contribution >= 4 is 17.4 Å². The van der Waals surface area contributed by atoms with Crippen LogP contribution in [0.3, 0.4) is 0 Å². The van der Waals surface area contributed by atoms with Crippen LogP contribution in [0.2, 0.25) is 0 Å². The van der Waals surface area contributed by atoms with E-state index >= 15 is 0 Å². The average Bonchev–Trinajstić information content (AvgIpc) is 2.60. The van der Waals surface area contributed by atoms with Crippen LogP contribution in [0.25, 0.3) is 0 Å². The Kier molecular flexibility index (Phi) is 7.41. The molecule has 0 aliphatic heterocycles. The van der Waals surface area contributed by atoms with Crippen LogP contribution in [0.5, 0.6) is 5.75 Å². The molecule has 1 amide bonds. The molecule has 0 atom stereocenters. The van der Waals surface area contributed by atoms with E-state index in [1.807, 2.05) is 44.2 Å². The first-order valence-corrected chi connectivity index (χ1v) is 8.87. The fraction of sp³-hybridized carbons (Fsp3) is 0.400. The number of nitrogens with zero attached hydrogens (tertiary/aromatic N) is 2. The Hall–Kier alpha value is -2.60. The number of ether oxygens (including phenoxy) is 1. The van der Waals surface area contributed by atoms with Gasteiger partial charge in [0.2, 0.25) is 0 Å². The van der Waals surface area contributed by atoms with Crippen molar-refractivity contribution in [2.75, 3.05) is 37.8 Å². The number of benzene rings is 1. The molecule has 0 unspecified atom stereocenters. The van der Waals surface area contributed by atoms with Crippen molar-refractivity contribution in [2.45, 2.75) is 26.4 Å². The van der Waals surface area contributed by atoms with Crippen LogP contribution >= 0.6 is 0 Å². The Bertz CT molecular complexity index is 682. The Morgan fingerprint density at radius 1 is 1.15 bits per heavy atom. The van der Waals surface area contributed by atoms with Gasteiger partial charge in [-0.1, -0.05) is 0 Å². The third-order valence-corrected chi connectivity index (χ3v) is 3.60. The van der Waals surface area contributed by atoms with Gasteiger partial charge in [-0.25, -0.2) is 4.98 Å². The normalized spacial score (nSPS) is 10.8. The first-order chi connectivity index (χ1) is 12.4. The summed E-state index contributed by atoms with van der Waals surface area (Å²) in [6.07, 6.45) is 2.74. The molecule has 1 aromatic heterocycles. The molecule has 0 fully saturated rings. The minimum absolute atomic E-state index is 0.122. The fourth-order valence-electron chi connectivity index (χ4n) is 2.34. The molecule has 0 spiro atoms. The standard InChI is InChI=1S/C20H28N4O2/c1-15(2)26-18-9-7-17(8-10-18)23-20(25)16-6-11-19(22-14-16)21-12-5-13-24(3)4/h6-11,14-15H,5,12-13H2,1-4H3,(H,21,22)(H,23,25).